The Kier molecular flexibility index (Phi) is 3.80. The molecule has 1 heterocycles. The first kappa shape index (κ1) is 12.9. The minimum atomic E-state index is -0.788. The van der Waals surface area contributed by atoms with Gasteiger partial charge in [-0.3, -0.25) is 0 Å². The Balaban J connectivity index is 2.55. The summed E-state index contributed by atoms with van der Waals surface area (Å²) in [6, 6.07) is 0. The molecule has 90 valence electrons. The molecule has 0 spiro atoms. The molecule has 1 rings (SSSR count). The van der Waals surface area contributed by atoms with Crippen LogP contribution in [0.25, 0.3) is 0 Å². The fourth-order valence-electron chi connectivity index (χ4n) is 1.97. The predicted molar refractivity (Wildman–Crippen MR) is 59.6 cm³/mol. The van der Waals surface area contributed by atoms with Gasteiger partial charge in [0.25, 0.3) is 0 Å². The highest BCUT2D eigenvalue weighted by molar-refractivity contribution is 4.88. The monoisotopic (exact) mass is 216 g/mol. The van der Waals surface area contributed by atoms with Crippen LogP contribution in [0.4, 0.5) is 0 Å². The lowest BCUT2D eigenvalue weighted by Gasteiger charge is -2.31. The second-order valence-corrected chi connectivity index (χ2v) is 5.39. The average Bonchev–Trinajstić information content (AvgIpc) is 2.45. The van der Waals surface area contributed by atoms with Gasteiger partial charge in [-0.15, -0.1) is 0 Å². The molecule has 0 aromatic rings. The van der Waals surface area contributed by atoms with Gasteiger partial charge in [-0.2, -0.15) is 0 Å². The van der Waals surface area contributed by atoms with Gasteiger partial charge in [0.05, 0.1) is 12.2 Å². The van der Waals surface area contributed by atoms with E-state index in [9.17, 15) is 5.11 Å². The quantitative estimate of drug-likeness (QED) is 0.784. The van der Waals surface area contributed by atoms with Gasteiger partial charge in [-0.05, 0) is 33.1 Å². The van der Waals surface area contributed by atoms with Gasteiger partial charge in [0.1, 0.15) is 6.10 Å². The second-order valence-electron chi connectivity index (χ2n) is 5.39. The van der Waals surface area contributed by atoms with Crippen molar-refractivity contribution in [2.45, 2.75) is 65.0 Å². The highest BCUT2D eigenvalue weighted by Gasteiger charge is 2.43. The Morgan fingerprint density at radius 1 is 1.53 bits per heavy atom. The number of hydrogen-bond donors (Lipinski definition) is 1. The standard InChI is InChI=1S/C12H24O3/c1-6-9(2)7-12(5,13)10-8-14-11(3,4)15-10/h9-10,13H,6-8H2,1-5H3/t9-,10+,12-/m0/s1. The lowest BCUT2D eigenvalue weighted by Crippen LogP contribution is -2.43. The second kappa shape index (κ2) is 4.40. The van der Waals surface area contributed by atoms with Crippen molar-refractivity contribution < 1.29 is 14.6 Å². The molecule has 1 fully saturated rings. The molecular formula is C12H24O3. The van der Waals surface area contributed by atoms with Crippen LogP contribution in [0.3, 0.4) is 0 Å². The summed E-state index contributed by atoms with van der Waals surface area (Å²) in [4.78, 5) is 0. The summed E-state index contributed by atoms with van der Waals surface area (Å²) < 4.78 is 11.2. The molecule has 0 aromatic carbocycles. The van der Waals surface area contributed by atoms with E-state index in [2.05, 4.69) is 13.8 Å². The summed E-state index contributed by atoms with van der Waals surface area (Å²) >= 11 is 0. The smallest absolute Gasteiger partial charge is 0.163 e. The zero-order valence-corrected chi connectivity index (χ0v) is 10.5. The molecule has 1 saturated heterocycles. The minimum absolute atomic E-state index is 0.207. The van der Waals surface area contributed by atoms with Gasteiger partial charge in [-0.25, -0.2) is 0 Å². The molecule has 0 aliphatic carbocycles. The molecule has 15 heavy (non-hydrogen) atoms. The number of rotatable bonds is 4. The number of ether oxygens (including phenoxy) is 2. The lowest BCUT2D eigenvalue weighted by atomic mass is 9.87. The zero-order valence-electron chi connectivity index (χ0n) is 10.5. The van der Waals surface area contributed by atoms with Crippen LogP contribution in [0.2, 0.25) is 0 Å². The Morgan fingerprint density at radius 2 is 2.13 bits per heavy atom. The maximum absolute atomic E-state index is 10.3. The third-order valence-electron chi connectivity index (χ3n) is 3.16. The molecule has 3 heteroatoms. The van der Waals surface area contributed by atoms with Crippen molar-refractivity contribution >= 4 is 0 Å². The van der Waals surface area contributed by atoms with Crippen LogP contribution in [0.15, 0.2) is 0 Å². The van der Waals surface area contributed by atoms with Crippen molar-refractivity contribution in [3.8, 4) is 0 Å². The molecule has 3 atom stereocenters. The predicted octanol–water partition coefficient (Wildman–Crippen LogP) is 2.33. The first-order valence-electron chi connectivity index (χ1n) is 5.81. The first-order valence-corrected chi connectivity index (χ1v) is 5.81. The van der Waals surface area contributed by atoms with E-state index in [4.69, 9.17) is 9.47 Å². The molecule has 0 bridgehead atoms. The molecule has 0 radical (unpaired) electrons. The van der Waals surface area contributed by atoms with Crippen molar-refractivity contribution in [1.29, 1.82) is 0 Å². The van der Waals surface area contributed by atoms with E-state index in [0.717, 1.165) is 12.8 Å². The van der Waals surface area contributed by atoms with Gasteiger partial charge in [-0.1, -0.05) is 20.3 Å². The molecule has 0 saturated carbocycles. The summed E-state index contributed by atoms with van der Waals surface area (Å²) in [5, 5.41) is 10.3. The Hall–Kier alpha value is -0.120. The summed E-state index contributed by atoms with van der Waals surface area (Å²) in [6.45, 7) is 10.4. The van der Waals surface area contributed by atoms with Crippen LogP contribution in [0.1, 0.15) is 47.5 Å². The summed E-state index contributed by atoms with van der Waals surface area (Å²) in [6.07, 6.45) is 1.63. The molecule has 0 amide bonds. The van der Waals surface area contributed by atoms with E-state index in [1.165, 1.54) is 0 Å². The van der Waals surface area contributed by atoms with Crippen molar-refractivity contribution in [2.24, 2.45) is 5.92 Å². The van der Waals surface area contributed by atoms with E-state index in [1.54, 1.807) is 0 Å². The molecule has 1 aliphatic rings. The summed E-state index contributed by atoms with van der Waals surface area (Å²) in [7, 11) is 0. The summed E-state index contributed by atoms with van der Waals surface area (Å²) in [5.41, 5.74) is -0.788. The molecule has 1 aliphatic heterocycles. The van der Waals surface area contributed by atoms with Gasteiger partial charge >= 0.3 is 0 Å². The average molecular weight is 216 g/mol. The first-order chi connectivity index (χ1) is 6.77. The zero-order chi connectivity index (χ0) is 11.7. The minimum Gasteiger partial charge on any atom is -0.387 e. The van der Waals surface area contributed by atoms with Crippen molar-refractivity contribution in [2.75, 3.05) is 6.61 Å². The molecule has 3 nitrogen and oxygen atoms in total. The maximum Gasteiger partial charge on any atom is 0.163 e. The van der Waals surface area contributed by atoms with Crippen molar-refractivity contribution in [3.63, 3.8) is 0 Å². The topological polar surface area (TPSA) is 38.7 Å². The lowest BCUT2D eigenvalue weighted by molar-refractivity contribution is -0.169. The van der Waals surface area contributed by atoms with Crippen molar-refractivity contribution in [1.82, 2.24) is 0 Å². The maximum atomic E-state index is 10.3. The molecular weight excluding hydrogens is 192 g/mol. The van der Waals surface area contributed by atoms with Gasteiger partial charge in [0.2, 0.25) is 0 Å². The van der Waals surface area contributed by atoms with E-state index >= 15 is 0 Å². The summed E-state index contributed by atoms with van der Waals surface area (Å²) in [5.74, 6) is -0.0447. The van der Waals surface area contributed by atoms with Gasteiger partial charge < -0.3 is 14.6 Å². The Morgan fingerprint density at radius 3 is 2.53 bits per heavy atom. The highest BCUT2D eigenvalue weighted by atomic mass is 16.7. The van der Waals surface area contributed by atoms with Crippen LogP contribution in [0.5, 0.6) is 0 Å². The number of aliphatic hydroxyl groups is 1. The van der Waals surface area contributed by atoms with Crippen LogP contribution >= 0.6 is 0 Å². The fourth-order valence-corrected chi connectivity index (χ4v) is 1.97. The largest absolute Gasteiger partial charge is 0.387 e. The molecule has 0 unspecified atom stereocenters. The van der Waals surface area contributed by atoms with Crippen molar-refractivity contribution in [3.05, 3.63) is 0 Å². The number of hydrogen-bond acceptors (Lipinski definition) is 3. The van der Waals surface area contributed by atoms with Gasteiger partial charge in [0.15, 0.2) is 5.79 Å². The van der Waals surface area contributed by atoms with E-state index < -0.39 is 11.4 Å². The van der Waals surface area contributed by atoms with E-state index in [0.29, 0.717) is 12.5 Å². The molecule has 1 N–H and O–H groups in total. The van der Waals surface area contributed by atoms with Crippen LogP contribution in [0, 0.1) is 5.92 Å². The third kappa shape index (κ3) is 3.44. The molecule has 0 aromatic heterocycles. The van der Waals surface area contributed by atoms with Crippen LogP contribution in [-0.4, -0.2) is 29.2 Å². The SMILES string of the molecule is CC[C@H](C)C[C@](C)(O)[C@H]1COC(C)(C)O1. The van der Waals surface area contributed by atoms with E-state index in [-0.39, 0.29) is 6.10 Å². The van der Waals surface area contributed by atoms with Crippen LogP contribution in [-0.2, 0) is 9.47 Å². The Labute approximate surface area is 92.8 Å². The van der Waals surface area contributed by atoms with E-state index in [1.807, 2.05) is 20.8 Å². The van der Waals surface area contributed by atoms with Crippen LogP contribution < -0.4 is 0 Å². The highest BCUT2D eigenvalue weighted by Crippen LogP contribution is 2.32. The normalized spacial score (nSPS) is 31.2. The third-order valence-corrected chi connectivity index (χ3v) is 3.16. The Bertz CT molecular complexity index is 211. The van der Waals surface area contributed by atoms with Gasteiger partial charge in [0, 0.05) is 0 Å². The fraction of sp³-hybridized carbons (Fsp3) is 1.00.